The van der Waals surface area contributed by atoms with E-state index in [1.165, 1.54) is 4.90 Å². The number of rotatable bonds is 2. The number of nitrogens with one attached hydrogen (secondary N) is 1. The van der Waals surface area contributed by atoms with Gasteiger partial charge in [-0.2, -0.15) is 13.2 Å². The molecule has 2 N–H and O–H groups in total. The lowest BCUT2D eigenvalue weighted by molar-refractivity contribution is -0.141. The molecule has 7 nitrogen and oxygen atoms in total. The molecule has 4 rings (SSSR count). The number of hydrogen-bond acceptors (Lipinski definition) is 5. The standard InChI is InChI=1S/C18H18F3N5O2/c19-18(20,21)15-8-23-16(9-22-15)24-12-1-2-13-11(7-12)3-4-25-5-6-26(17(27)28)10-14(13)25/h1-2,7-9,14H,3-6,10H2,(H,23,24)(H,27,28)/t14-/m0/s1. The van der Waals surface area contributed by atoms with E-state index in [2.05, 4.69) is 20.2 Å². The Morgan fingerprint density at radius 3 is 2.68 bits per heavy atom. The van der Waals surface area contributed by atoms with E-state index in [-0.39, 0.29) is 11.9 Å². The van der Waals surface area contributed by atoms with Gasteiger partial charge in [-0.3, -0.25) is 4.90 Å². The van der Waals surface area contributed by atoms with Crippen molar-refractivity contribution >= 4 is 17.6 Å². The van der Waals surface area contributed by atoms with E-state index < -0.39 is 18.0 Å². The van der Waals surface area contributed by atoms with E-state index >= 15 is 0 Å². The Balaban J connectivity index is 1.52. The molecule has 1 aromatic carbocycles. The number of hydrogen-bond donors (Lipinski definition) is 2. The Kier molecular flexibility index (Phi) is 4.58. The molecule has 2 aromatic rings. The molecule has 3 heterocycles. The van der Waals surface area contributed by atoms with Crippen molar-refractivity contribution < 1.29 is 23.1 Å². The normalized spacial score (nSPS) is 19.7. The number of amides is 1. The van der Waals surface area contributed by atoms with E-state index in [0.29, 0.717) is 31.5 Å². The van der Waals surface area contributed by atoms with Gasteiger partial charge in [-0.25, -0.2) is 14.8 Å². The zero-order chi connectivity index (χ0) is 19.9. The van der Waals surface area contributed by atoms with E-state index in [9.17, 15) is 23.1 Å². The lowest BCUT2D eigenvalue weighted by atomic mass is 9.90. The maximum atomic E-state index is 12.6. The number of alkyl halides is 3. The van der Waals surface area contributed by atoms with Crippen LogP contribution in [-0.2, 0) is 12.6 Å². The van der Waals surface area contributed by atoms with Crippen LogP contribution in [0.15, 0.2) is 30.6 Å². The third-order valence-electron chi connectivity index (χ3n) is 5.15. The smallest absolute Gasteiger partial charge is 0.434 e. The molecular weight excluding hydrogens is 375 g/mol. The summed E-state index contributed by atoms with van der Waals surface area (Å²) in [5, 5.41) is 12.2. The molecule has 0 bridgehead atoms. The Labute approximate surface area is 158 Å². The molecule has 1 aromatic heterocycles. The summed E-state index contributed by atoms with van der Waals surface area (Å²) in [6.07, 6.45) is -2.86. The molecule has 1 saturated heterocycles. The first kappa shape index (κ1) is 18.5. The number of anilines is 2. The largest absolute Gasteiger partial charge is 0.465 e. The molecule has 148 valence electrons. The molecular formula is C18H18F3N5O2. The van der Waals surface area contributed by atoms with Crippen molar-refractivity contribution in [1.82, 2.24) is 19.8 Å². The average Bonchev–Trinajstić information content (AvgIpc) is 2.67. The summed E-state index contributed by atoms with van der Waals surface area (Å²) < 4.78 is 37.7. The highest BCUT2D eigenvalue weighted by Crippen LogP contribution is 2.34. The molecule has 0 unspecified atom stereocenters. The number of fused-ring (bicyclic) bond motifs is 3. The average molecular weight is 393 g/mol. The van der Waals surface area contributed by atoms with Crippen molar-refractivity contribution in [1.29, 1.82) is 0 Å². The van der Waals surface area contributed by atoms with Gasteiger partial charge < -0.3 is 15.3 Å². The topological polar surface area (TPSA) is 81.6 Å². The molecule has 1 atom stereocenters. The second kappa shape index (κ2) is 6.93. The molecule has 2 aliphatic rings. The van der Waals surface area contributed by atoms with Gasteiger partial charge >= 0.3 is 12.3 Å². The molecule has 28 heavy (non-hydrogen) atoms. The summed E-state index contributed by atoms with van der Waals surface area (Å²) in [5.41, 5.74) is 1.84. The Bertz CT molecular complexity index is 888. The molecule has 1 fully saturated rings. The number of carbonyl (C=O) groups is 1. The monoisotopic (exact) mass is 393 g/mol. The van der Waals surface area contributed by atoms with Crippen molar-refractivity contribution in [3.05, 3.63) is 47.4 Å². The minimum Gasteiger partial charge on any atom is -0.465 e. The lowest BCUT2D eigenvalue weighted by Crippen LogP contribution is -2.52. The van der Waals surface area contributed by atoms with Crippen molar-refractivity contribution in [2.45, 2.75) is 18.6 Å². The summed E-state index contributed by atoms with van der Waals surface area (Å²) in [4.78, 5) is 22.2. The van der Waals surface area contributed by atoms with Gasteiger partial charge in [-0.05, 0) is 29.7 Å². The van der Waals surface area contributed by atoms with Crippen LogP contribution in [0.1, 0.15) is 22.9 Å². The quantitative estimate of drug-likeness (QED) is 0.816. The van der Waals surface area contributed by atoms with Crippen molar-refractivity contribution in [3.8, 4) is 0 Å². The zero-order valence-electron chi connectivity index (χ0n) is 14.8. The number of benzene rings is 1. The number of carboxylic acid groups (broad SMARTS) is 1. The fraction of sp³-hybridized carbons (Fsp3) is 0.389. The maximum absolute atomic E-state index is 12.6. The molecule has 0 aliphatic carbocycles. The van der Waals surface area contributed by atoms with Crippen LogP contribution in [0.2, 0.25) is 0 Å². The molecule has 0 saturated carbocycles. The summed E-state index contributed by atoms with van der Waals surface area (Å²) in [5.74, 6) is 0.222. The highest BCUT2D eigenvalue weighted by Gasteiger charge is 2.34. The van der Waals surface area contributed by atoms with E-state index in [0.717, 1.165) is 30.3 Å². The number of nitrogens with zero attached hydrogens (tertiary/aromatic N) is 4. The predicted octanol–water partition coefficient (Wildman–Crippen LogP) is 3.13. The Morgan fingerprint density at radius 2 is 2.00 bits per heavy atom. The van der Waals surface area contributed by atoms with Crippen LogP contribution in [0.4, 0.5) is 29.5 Å². The second-order valence-corrected chi connectivity index (χ2v) is 6.85. The van der Waals surface area contributed by atoms with Crippen LogP contribution in [0, 0.1) is 0 Å². The number of piperazine rings is 1. The van der Waals surface area contributed by atoms with Crippen LogP contribution in [0.3, 0.4) is 0 Å². The molecule has 1 amide bonds. The van der Waals surface area contributed by atoms with Crippen LogP contribution >= 0.6 is 0 Å². The van der Waals surface area contributed by atoms with Gasteiger partial charge in [-0.15, -0.1) is 0 Å². The first-order chi connectivity index (χ1) is 13.3. The maximum Gasteiger partial charge on any atom is 0.434 e. The van der Waals surface area contributed by atoms with Gasteiger partial charge in [0.15, 0.2) is 5.69 Å². The SMILES string of the molecule is O=C(O)N1CCN2CCc3cc(Nc4cnc(C(F)(F)F)cn4)ccc3[C@@H]2C1. The zero-order valence-corrected chi connectivity index (χ0v) is 14.8. The summed E-state index contributed by atoms with van der Waals surface area (Å²) in [7, 11) is 0. The van der Waals surface area contributed by atoms with Gasteiger partial charge in [0.05, 0.1) is 18.4 Å². The highest BCUT2D eigenvalue weighted by atomic mass is 19.4. The number of halogens is 3. The third-order valence-corrected chi connectivity index (χ3v) is 5.15. The van der Waals surface area contributed by atoms with Crippen molar-refractivity contribution in [3.63, 3.8) is 0 Å². The third kappa shape index (κ3) is 3.59. The fourth-order valence-corrected chi connectivity index (χ4v) is 3.73. The van der Waals surface area contributed by atoms with Crippen LogP contribution in [0.25, 0.3) is 0 Å². The lowest BCUT2D eigenvalue weighted by Gasteiger charge is -2.44. The molecule has 10 heteroatoms. The number of aromatic nitrogens is 2. The minimum absolute atomic E-state index is 0.0218. The van der Waals surface area contributed by atoms with Crippen molar-refractivity contribution in [2.75, 3.05) is 31.5 Å². The molecule has 0 spiro atoms. The second-order valence-electron chi connectivity index (χ2n) is 6.85. The minimum atomic E-state index is -4.52. The van der Waals surface area contributed by atoms with E-state index in [4.69, 9.17) is 0 Å². The molecule has 0 radical (unpaired) electrons. The summed E-state index contributed by atoms with van der Waals surface area (Å²) >= 11 is 0. The van der Waals surface area contributed by atoms with E-state index in [1.807, 2.05) is 18.2 Å². The Morgan fingerprint density at radius 1 is 1.18 bits per heavy atom. The van der Waals surface area contributed by atoms with Gasteiger partial charge in [0.1, 0.15) is 5.82 Å². The van der Waals surface area contributed by atoms with Gasteiger partial charge in [0.25, 0.3) is 0 Å². The van der Waals surface area contributed by atoms with Gasteiger partial charge in [0.2, 0.25) is 0 Å². The summed E-state index contributed by atoms with van der Waals surface area (Å²) in [6.45, 7) is 2.49. The Hall–Kier alpha value is -2.88. The first-order valence-corrected chi connectivity index (χ1v) is 8.82. The van der Waals surface area contributed by atoms with Gasteiger partial charge in [-0.1, -0.05) is 6.07 Å². The summed E-state index contributed by atoms with van der Waals surface area (Å²) in [6, 6.07) is 5.72. The van der Waals surface area contributed by atoms with Crippen LogP contribution in [-0.4, -0.2) is 57.1 Å². The van der Waals surface area contributed by atoms with Crippen LogP contribution < -0.4 is 5.32 Å². The first-order valence-electron chi connectivity index (χ1n) is 8.82. The highest BCUT2D eigenvalue weighted by molar-refractivity contribution is 5.65. The van der Waals surface area contributed by atoms with Crippen molar-refractivity contribution in [2.24, 2.45) is 0 Å². The van der Waals surface area contributed by atoms with Crippen LogP contribution in [0.5, 0.6) is 0 Å². The fourth-order valence-electron chi connectivity index (χ4n) is 3.73. The van der Waals surface area contributed by atoms with E-state index in [1.54, 1.807) is 0 Å². The predicted molar refractivity (Wildman–Crippen MR) is 94.4 cm³/mol. The van der Waals surface area contributed by atoms with Gasteiger partial charge in [0, 0.05) is 31.9 Å². The molecule has 2 aliphatic heterocycles.